The highest BCUT2D eigenvalue weighted by atomic mass is 32.2. The second-order valence-electron chi connectivity index (χ2n) is 5.31. The van der Waals surface area contributed by atoms with Gasteiger partial charge in [0.25, 0.3) is 5.91 Å². The molecule has 6 nitrogen and oxygen atoms in total. The van der Waals surface area contributed by atoms with Gasteiger partial charge in [0.1, 0.15) is 18.2 Å². The summed E-state index contributed by atoms with van der Waals surface area (Å²) in [6, 6.07) is 17.0. The Bertz CT molecular complexity index is 865. The first-order valence-electron chi connectivity index (χ1n) is 7.71. The average Bonchev–Trinajstić information content (AvgIpc) is 3.01. The predicted octanol–water partition coefficient (Wildman–Crippen LogP) is 3.27. The zero-order chi connectivity index (χ0) is 17.6. The van der Waals surface area contributed by atoms with Crippen molar-refractivity contribution < 1.29 is 9.53 Å². The molecule has 1 aromatic heterocycles. The third-order valence-corrected chi connectivity index (χ3v) is 4.17. The third kappa shape index (κ3) is 4.19. The van der Waals surface area contributed by atoms with Crippen molar-refractivity contribution in [1.82, 2.24) is 14.9 Å². The first kappa shape index (κ1) is 17.0. The van der Waals surface area contributed by atoms with E-state index in [1.54, 1.807) is 29.8 Å². The highest BCUT2D eigenvalue weighted by Gasteiger charge is 2.13. The van der Waals surface area contributed by atoms with Crippen molar-refractivity contribution >= 4 is 17.7 Å². The number of rotatable bonds is 6. The SMILES string of the molecule is CSc1nnc(C)n1NC(=O)c1cccc(OCc2ccccc2)c1. The molecule has 0 aliphatic heterocycles. The summed E-state index contributed by atoms with van der Waals surface area (Å²) >= 11 is 1.41. The standard InChI is InChI=1S/C18H18N4O2S/c1-13-19-20-18(25-2)22(13)21-17(23)15-9-6-10-16(11-15)24-12-14-7-4-3-5-8-14/h3-11H,12H2,1-2H3,(H,21,23). The summed E-state index contributed by atoms with van der Waals surface area (Å²) < 4.78 is 7.35. The van der Waals surface area contributed by atoms with E-state index in [2.05, 4.69) is 15.6 Å². The summed E-state index contributed by atoms with van der Waals surface area (Å²) in [5.41, 5.74) is 4.38. The first-order valence-corrected chi connectivity index (χ1v) is 8.94. The van der Waals surface area contributed by atoms with Gasteiger partial charge in [-0.3, -0.25) is 10.2 Å². The fourth-order valence-corrected chi connectivity index (χ4v) is 2.72. The van der Waals surface area contributed by atoms with Gasteiger partial charge in [0.2, 0.25) is 5.16 Å². The van der Waals surface area contributed by atoms with Crippen LogP contribution in [0.15, 0.2) is 59.8 Å². The number of carbonyl (C=O) groups is 1. The number of ether oxygens (including phenoxy) is 1. The molecule has 1 heterocycles. The van der Waals surface area contributed by atoms with E-state index in [-0.39, 0.29) is 5.91 Å². The van der Waals surface area contributed by atoms with Crippen molar-refractivity contribution in [3.8, 4) is 5.75 Å². The van der Waals surface area contributed by atoms with E-state index in [0.29, 0.717) is 28.9 Å². The molecule has 7 heteroatoms. The number of aromatic nitrogens is 3. The summed E-state index contributed by atoms with van der Waals surface area (Å²) in [6.45, 7) is 2.24. The molecule has 0 radical (unpaired) electrons. The van der Waals surface area contributed by atoms with E-state index < -0.39 is 0 Å². The zero-order valence-electron chi connectivity index (χ0n) is 14.0. The van der Waals surface area contributed by atoms with Gasteiger partial charge in [0.05, 0.1) is 0 Å². The Labute approximate surface area is 150 Å². The summed E-state index contributed by atoms with van der Waals surface area (Å²) in [5.74, 6) is 1.01. The molecule has 0 saturated heterocycles. The number of amides is 1. The number of benzene rings is 2. The van der Waals surface area contributed by atoms with Crippen LogP contribution in [0.25, 0.3) is 0 Å². The minimum Gasteiger partial charge on any atom is -0.489 e. The number of carbonyl (C=O) groups excluding carboxylic acids is 1. The second-order valence-corrected chi connectivity index (χ2v) is 6.09. The fourth-order valence-electron chi connectivity index (χ4n) is 2.24. The van der Waals surface area contributed by atoms with E-state index in [9.17, 15) is 4.79 Å². The lowest BCUT2D eigenvalue weighted by molar-refractivity contribution is 0.100. The molecule has 1 amide bonds. The number of nitrogens with zero attached hydrogens (tertiary/aromatic N) is 3. The highest BCUT2D eigenvalue weighted by Crippen LogP contribution is 2.16. The van der Waals surface area contributed by atoms with Gasteiger partial charge in [-0.2, -0.15) is 0 Å². The molecule has 0 fully saturated rings. The van der Waals surface area contributed by atoms with E-state index in [1.165, 1.54) is 11.8 Å². The minimum atomic E-state index is -0.247. The van der Waals surface area contributed by atoms with Crippen molar-refractivity contribution in [2.24, 2.45) is 0 Å². The monoisotopic (exact) mass is 354 g/mol. The van der Waals surface area contributed by atoms with Crippen LogP contribution in [0.2, 0.25) is 0 Å². The van der Waals surface area contributed by atoms with E-state index >= 15 is 0 Å². The molecule has 0 aliphatic rings. The van der Waals surface area contributed by atoms with Gasteiger partial charge in [-0.25, -0.2) is 4.68 Å². The Balaban J connectivity index is 1.70. The molecule has 3 rings (SSSR count). The molecule has 0 aliphatic carbocycles. The lowest BCUT2D eigenvalue weighted by Gasteiger charge is -2.11. The van der Waals surface area contributed by atoms with E-state index in [0.717, 1.165) is 5.56 Å². The largest absolute Gasteiger partial charge is 0.489 e. The summed E-state index contributed by atoms with van der Waals surface area (Å²) in [5, 5.41) is 8.59. The first-order chi connectivity index (χ1) is 12.2. The highest BCUT2D eigenvalue weighted by molar-refractivity contribution is 7.98. The van der Waals surface area contributed by atoms with Crippen molar-refractivity contribution in [2.75, 3.05) is 11.7 Å². The average molecular weight is 354 g/mol. The van der Waals surface area contributed by atoms with Gasteiger partial charge >= 0.3 is 0 Å². The number of thioether (sulfide) groups is 1. The quantitative estimate of drug-likeness (QED) is 0.688. The second kappa shape index (κ2) is 7.85. The molecule has 0 unspecified atom stereocenters. The van der Waals surface area contributed by atoms with E-state index in [4.69, 9.17) is 4.74 Å². The van der Waals surface area contributed by atoms with Crippen molar-refractivity contribution in [3.63, 3.8) is 0 Å². The number of aryl methyl sites for hydroxylation is 1. The Hall–Kier alpha value is -2.80. The molecule has 0 spiro atoms. The summed E-state index contributed by atoms with van der Waals surface area (Å²) in [6.07, 6.45) is 1.88. The van der Waals surface area contributed by atoms with Crippen LogP contribution in [0.3, 0.4) is 0 Å². The zero-order valence-corrected chi connectivity index (χ0v) is 14.8. The molecule has 1 N–H and O–H groups in total. The molecule has 3 aromatic rings. The van der Waals surface area contributed by atoms with Gasteiger partial charge in [-0.1, -0.05) is 48.2 Å². The molecular weight excluding hydrogens is 336 g/mol. The van der Waals surface area contributed by atoms with E-state index in [1.807, 2.05) is 42.7 Å². The normalized spacial score (nSPS) is 10.5. The summed E-state index contributed by atoms with van der Waals surface area (Å²) in [7, 11) is 0. The fraction of sp³-hybridized carbons (Fsp3) is 0.167. The number of hydrogen-bond acceptors (Lipinski definition) is 5. The maximum atomic E-state index is 12.5. The Morgan fingerprint density at radius 3 is 2.72 bits per heavy atom. The minimum absolute atomic E-state index is 0.247. The molecule has 128 valence electrons. The lowest BCUT2D eigenvalue weighted by atomic mass is 10.2. The Morgan fingerprint density at radius 1 is 1.16 bits per heavy atom. The number of nitrogens with one attached hydrogen (secondary N) is 1. The van der Waals surface area contributed by atoms with Crippen LogP contribution in [-0.2, 0) is 6.61 Å². The Morgan fingerprint density at radius 2 is 1.96 bits per heavy atom. The predicted molar refractivity (Wildman–Crippen MR) is 97.4 cm³/mol. The molecule has 2 aromatic carbocycles. The molecular formula is C18H18N4O2S. The number of hydrogen-bond donors (Lipinski definition) is 1. The van der Waals surface area contributed by atoms with Crippen LogP contribution < -0.4 is 10.2 Å². The van der Waals surface area contributed by atoms with Crippen LogP contribution in [0.4, 0.5) is 0 Å². The van der Waals surface area contributed by atoms with Crippen molar-refractivity contribution in [2.45, 2.75) is 18.7 Å². The molecule has 25 heavy (non-hydrogen) atoms. The topological polar surface area (TPSA) is 69.0 Å². The summed E-state index contributed by atoms with van der Waals surface area (Å²) in [4.78, 5) is 12.5. The van der Waals surface area contributed by atoms with Crippen LogP contribution >= 0.6 is 11.8 Å². The van der Waals surface area contributed by atoms with Gasteiger partial charge < -0.3 is 4.74 Å². The molecule has 0 saturated carbocycles. The van der Waals surface area contributed by atoms with Crippen LogP contribution in [0, 0.1) is 6.92 Å². The van der Waals surface area contributed by atoms with Crippen LogP contribution in [0.5, 0.6) is 5.75 Å². The molecule has 0 atom stereocenters. The molecule has 0 bridgehead atoms. The van der Waals surface area contributed by atoms with Crippen molar-refractivity contribution in [1.29, 1.82) is 0 Å². The Kier molecular flexibility index (Phi) is 5.35. The van der Waals surface area contributed by atoms with Crippen LogP contribution in [0.1, 0.15) is 21.7 Å². The maximum Gasteiger partial charge on any atom is 0.270 e. The third-order valence-electron chi connectivity index (χ3n) is 3.54. The van der Waals surface area contributed by atoms with Gasteiger partial charge in [-0.05, 0) is 36.9 Å². The van der Waals surface area contributed by atoms with Gasteiger partial charge in [-0.15, -0.1) is 10.2 Å². The van der Waals surface area contributed by atoms with Crippen molar-refractivity contribution in [3.05, 3.63) is 71.5 Å². The van der Waals surface area contributed by atoms with Gasteiger partial charge in [0.15, 0.2) is 0 Å². The lowest BCUT2D eigenvalue weighted by Crippen LogP contribution is -2.24. The van der Waals surface area contributed by atoms with Gasteiger partial charge in [0, 0.05) is 5.56 Å². The maximum absolute atomic E-state index is 12.5. The van der Waals surface area contributed by atoms with Crippen LogP contribution in [-0.4, -0.2) is 27.0 Å². The smallest absolute Gasteiger partial charge is 0.270 e.